The molecule has 0 saturated heterocycles. The molecule has 7 aromatic rings. The van der Waals surface area contributed by atoms with Gasteiger partial charge in [0.05, 0.1) is 0 Å². The first-order chi connectivity index (χ1) is 22.5. The lowest BCUT2D eigenvalue weighted by atomic mass is 9.60. The number of furan rings is 1. The van der Waals surface area contributed by atoms with E-state index in [4.69, 9.17) is 97.8 Å². The van der Waals surface area contributed by atoms with Gasteiger partial charge in [0.2, 0.25) is 0 Å². The summed E-state index contributed by atoms with van der Waals surface area (Å²) in [7, 11) is 62.9. The molecule has 7 rings (SSSR count). The molecule has 0 N–H and O–H groups in total. The largest absolute Gasteiger partial charge is 0.456 e. The Morgan fingerprint density at radius 1 is 0.362 bits per heavy atom. The smallest absolute Gasteiger partial charge is 0.164 e. The first-order valence-electron chi connectivity index (χ1n) is 14.3. The van der Waals surface area contributed by atoms with Crippen molar-refractivity contribution in [1.82, 2.24) is 15.0 Å². The molecule has 2 aromatic heterocycles. The lowest BCUT2D eigenvalue weighted by Gasteiger charge is -2.22. The van der Waals surface area contributed by atoms with Crippen LogP contribution >= 0.6 is 0 Å². The average molecular weight is 574 g/mol. The van der Waals surface area contributed by atoms with Crippen LogP contribution in [0.15, 0.2) is 71.1 Å². The second-order valence-corrected chi connectivity index (χ2v) is 11.0. The summed E-state index contributed by atoms with van der Waals surface area (Å²) in [5, 5.41) is 1.60. The first kappa shape index (κ1) is 31.2. The Labute approximate surface area is 285 Å². The molecule has 14 heteroatoms. The molecule has 0 spiro atoms. The van der Waals surface area contributed by atoms with Crippen LogP contribution in [-0.4, -0.2) is 93.4 Å². The third-order valence-electron chi connectivity index (χ3n) is 8.33. The first-order valence-corrected chi connectivity index (χ1v) is 14.3. The summed E-state index contributed by atoms with van der Waals surface area (Å²) in [6.07, 6.45) is 0. The van der Waals surface area contributed by atoms with Gasteiger partial charge in [-0.2, -0.15) is 0 Å². The van der Waals surface area contributed by atoms with E-state index in [2.05, 4.69) is 0 Å². The van der Waals surface area contributed by atoms with Crippen molar-refractivity contribution in [1.29, 1.82) is 0 Å². The van der Waals surface area contributed by atoms with E-state index in [1.54, 1.807) is 0 Å². The van der Waals surface area contributed by atoms with Gasteiger partial charge < -0.3 is 4.42 Å². The Hall–Kier alpha value is -4.44. The zero-order valence-electron chi connectivity index (χ0n) is 24.9. The zero-order chi connectivity index (χ0) is 33.3. The van der Waals surface area contributed by atoms with Gasteiger partial charge in [-0.3, -0.25) is 0 Å². The van der Waals surface area contributed by atoms with Crippen LogP contribution < -0.4 is 54.6 Å². The summed E-state index contributed by atoms with van der Waals surface area (Å²) >= 11 is 0. The van der Waals surface area contributed by atoms with E-state index in [0.29, 0.717) is 16.7 Å². The molecule has 4 nitrogen and oxygen atoms in total. The zero-order valence-corrected chi connectivity index (χ0v) is 24.9. The monoisotopic (exact) mass is 575 g/mol. The maximum Gasteiger partial charge on any atom is 0.164 e. The van der Waals surface area contributed by atoms with Crippen LogP contribution in [-0.2, 0) is 0 Å². The minimum Gasteiger partial charge on any atom is -0.456 e. The lowest BCUT2D eigenvalue weighted by Crippen LogP contribution is -2.55. The van der Waals surface area contributed by atoms with E-state index in [1.165, 1.54) is 0 Å². The van der Waals surface area contributed by atoms with Gasteiger partial charge in [0.15, 0.2) is 17.5 Å². The Kier molecular flexibility index (Phi) is 7.74. The molecular weight excluding hydrogens is 563 g/mol. The van der Waals surface area contributed by atoms with Gasteiger partial charge in [0.1, 0.15) is 89.6 Å². The van der Waals surface area contributed by atoms with E-state index in [0.717, 1.165) is 21.9 Å². The second-order valence-electron chi connectivity index (χ2n) is 11.0. The molecule has 0 amide bonds. The predicted molar refractivity (Wildman–Crippen MR) is 203 cm³/mol. The molecule has 0 atom stereocenters. The van der Waals surface area contributed by atoms with Gasteiger partial charge in [-0.15, -0.1) is 32.8 Å². The van der Waals surface area contributed by atoms with Crippen LogP contribution in [0, 0.1) is 0 Å². The molecule has 2 heterocycles. The molecule has 5 aromatic carbocycles. The molecule has 0 aliphatic heterocycles. The van der Waals surface area contributed by atoms with E-state index < -0.39 is 0 Å². The van der Waals surface area contributed by atoms with Crippen LogP contribution in [0.5, 0.6) is 0 Å². The molecule has 0 saturated carbocycles. The summed E-state index contributed by atoms with van der Waals surface area (Å²) in [6, 6.07) is 21.4. The Morgan fingerprint density at radius 3 is 1.21 bits per heavy atom. The number of aromatic nitrogens is 3. The van der Waals surface area contributed by atoms with Gasteiger partial charge in [0, 0.05) is 27.5 Å². The fourth-order valence-corrected chi connectivity index (χ4v) is 5.81. The Balaban J connectivity index is 1.62. The van der Waals surface area contributed by atoms with Crippen molar-refractivity contribution < 1.29 is 4.42 Å². The van der Waals surface area contributed by atoms with Crippen molar-refractivity contribution >= 4 is 155 Å². The van der Waals surface area contributed by atoms with Crippen LogP contribution in [0.3, 0.4) is 0 Å². The van der Waals surface area contributed by atoms with Gasteiger partial charge in [-0.25, -0.2) is 15.0 Å². The van der Waals surface area contributed by atoms with Gasteiger partial charge in [0.25, 0.3) is 0 Å². The lowest BCUT2D eigenvalue weighted by molar-refractivity contribution is 0.669. The second kappa shape index (κ2) is 11.7. The van der Waals surface area contributed by atoms with Gasteiger partial charge >= 0.3 is 0 Å². The highest BCUT2D eigenvalue weighted by Crippen LogP contribution is 2.41. The SMILES string of the molecule is [B]c1c([B])c([B])c(-c2nc(-c3c([B])c([B])c([B])c([B])c3[B])nc(-c3cccc4oc5cccc(-c6ccccc6)c5c34)n2)c([B])c1[B]. The molecule has 0 bridgehead atoms. The van der Waals surface area contributed by atoms with Crippen molar-refractivity contribution in [3.63, 3.8) is 0 Å². The van der Waals surface area contributed by atoms with Crippen molar-refractivity contribution in [2.75, 3.05) is 0 Å². The highest BCUT2D eigenvalue weighted by molar-refractivity contribution is 6.69. The summed E-state index contributed by atoms with van der Waals surface area (Å²) < 4.78 is 6.33. The van der Waals surface area contributed by atoms with Gasteiger partial charge in [-0.05, 0) is 23.3 Å². The molecular formula is C33H11B10N3O. The molecule has 0 aliphatic carbocycles. The highest BCUT2D eigenvalue weighted by atomic mass is 16.3. The molecule has 194 valence electrons. The number of hydrogen-bond donors (Lipinski definition) is 0. The van der Waals surface area contributed by atoms with Crippen LogP contribution in [0.2, 0.25) is 0 Å². The molecule has 47 heavy (non-hydrogen) atoms. The van der Waals surface area contributed by atoms with Crippen LogP contribution in [0.1, 0.15) is 0 Å². The van der Waals surface area contributed by atoms with E-state index >= 15 is 0 Å². The molecule has 0 aliphatic rings. The van der Waals surface area contributed by atoms with Crippen molar-refractivity contribution in [2.45, 2.75) is 0 Å². The highest BCUT2D eigenvalue weighted by Gasteiger charge is 2.23. The van der Waals surface area contributed by atoms with Crippen LogP contribution in [0.4, 0.5) is 0 Å². The molecule has 20 radical (unpaired) electrons. The van der Waals surface area contributed by atoms with Crippen LogP contribution in [0.25, 0.3) is 67.2 Å². The number of benzene rings is 5. The van der Waals surface area contributed by atoms with Crippen molar-refractivity contribution in [2.24, 2.45) is 0 Å². The van der Waals surface area contributed by atoms with Gasteiger partial charge in [-0.1, -0.05) is 76.4 Å². The fraction of sp³-hybridized carbons (Fsp3) is 0. The standard InChI is InChI=1S/C33H11B10N3O/c34-21-19(22(35)26(39)29(42)25(21)38)32-44-31(45-33(46-32)20-23(36)27(40)30(43)28(41)24(20)37)14-9-5-11-16-18(14)17-13(8-4-10-15(17)47-16)12-6-2-1-3-7-12/h1-11H. The quantitative estimate of drug-likeness (QED) is 0.204. The minimum atomic E-state index is 0.0132. The normalized spacial score (nSPS) is 11.4. The molecule has 0 fully saturated rings. The Bertz CT molecular complexity index is 2280. The predicted octanol–water partition coefficient (Wildman–Crippen LogP) is -3.62. The summed E-state index contributed by atoms with van der Waals surface area (Å²) in [6.45, 7) is 0. The van der Waals surface area contributed by atoms with E-state index in [9.17, 15) is 0 Å². The maximum absolute atomic E-state index is 6.46. The third-order valence-corrected chi connectivity index (χ3v) is 8.33. The van der Waals surface area contributed by atoms with Crippen molar-refractivity contribution in [3.05, 3.63) is 66.7 Å². The minimum absolute atomic E-state index is 0.0132. The maximum atomic E-state index is 6.46. The Morgan fingerprint density at radius 2 is 0.745 bits per heavy atom. The number of fused-ring (bicyclic) bond motifs is 3. The number of nitrogens with zero attached hydrogens (tertiary/aromatic N) is 3. The average Bonchev–Trinajstić information content (AvgIpc) is 3.48. The fourth-order valence-electron chi connectivity index (χ4n) is 5.81. The number of rotatable bonds is 4. The van der Waals surface area contributed by atoms with E-state index in [1.807, 2.05) is 66.7 Å². The summed E-state index contributed by atoms with van der Waals surface area (Å²) in [5.74, 6) is 0.222. The summed E-state index contributed by atoms with van der Waals surface area (Å²) in [4.78, 5) is 14.4. The topological polar surface area (TPSA) is 51.8 Å². The third kappa shape index (κ3) is 4.87. The van der Waals surface area contributed by atoms with Crippen molar-refractivity contribution in [3.8, 4) is 45.3 Å². The van der Waals surface area contributed by atoms with E-state index in [-0.39, 0.29) is 83.2 Å². The summed E-state index contributed by atoms with van der Waals surface area (Å²) in [5.41, 5.74) is 4.32. The number of hydrogen-bond acceptors (Lipinski definition) is 4. The molecule has 0 unspecified atom stereocenters.